The van der Waals surface area contributed by atoms with Crippen molar-refractivity contribution in [1.29, 1.82) is 0 Å². The maximum Gasteiger partial charge on any atom is 0.325 e. The summed E-state index contributed by atoms with van der Waals surface area (Å²) in [6.45, 7) is -0.0324. The molecule has 1 heterocycles. The van der Waals surface area contributed by atoms with E-state index in [2.05, 4.69) is 10.1 Å². The van der Waals surface area contributed by atoms with Gasteiger partial charge in [-0.2, -0.15) is 4.31 Å². The van der Waals surface area contributed by atoms with Gasteiger partial charge >= 0.3 is 5.97 Å². The number of hydrogen-bond acceptors (Lipinski definition) is 6. The van der Waals surface area contributed by atoms with Gasteiger partial charge in [-0.05, 0) is 11.6 Å². The van der Waals surface area contributed by atoms with Crippen molar-refractivity contribution in [2.75, 3.05) is 31.0 Å². The Kier molecular flexibility index (Phi) is 7.03. The molecule has 0 saturated carbocycles. The van der Waals surface area contributed by atoms with Crippen LogP contribution in [0.4, 0.5) is 0 Å². The molecule has 2 rings (SSSR count). The zero-order valence-electron chi connectivity index (χ0n) is 13.8. The van der Waals surface area contributed by atoms with E-state index in [1.807, 2.05) is 30.3 Å². The molecule has 1 aliphatic heterocycles. The minimum atomic E-state index is -3.65. The van der Waals surface area contributed by atoms with Gasteiger partial charge in [-0.25, -0.2) is 8.42 Å². The maximum atomic E-state index is 12.4. The average Bonchev–Trinajstić information content (AvgIpc) is 3.11. The van der Waals surface area contributed by atoms with E-state index < -0.39 is 22.0 Å². The normalized spacial score (nSPS) is 18.4. The number of sulfonamides is 1. The van der Waals surface area contributed by atoms with Crippen molar-refractivity contribution in [3.05, 3.63) is 42.0 Å². The fourth-order valence-corrected chi connectivity index (χ4v) is 5.35. The highest BCUT2D eigenvalue weighted by molar-refractivity contribution is 8.00. The molecule has 136 valence electrons. The van der Waals surface area contributed by atoms with Gasteiger partial charge in [0.05, 0.1) is 18.7 Å². The lowest BCUT2D eigenvalue weighted by Crippen LogP contribution is -2.45. The fourth-order valence-electron chi connectivity index (χ4n) is 2.24. The molecule has 1 aliphatic rings. The van der Waals surface area contributed by atoms with Crippen LogP contribution in [0, 0.1) is 0 Å². The van der Waals surface area contributed by atoms with Crippen molar-refractivity contribution >= 4 is 39.7 Å². The van der Waals surface area contributed by atoms with Crippen LogP contribution in [-0.2, 0) is 24.3 Å². The van der Waals surface area contributed by atoms with E-state index in [1.165, 1.54) is 24.9 Å². The second-order valence-corrected chi connectivity index (χ2v) is 8.32. The van der Waals surface area contributed by atoms with Gasteiger partial charge in [0.15, 0.2) is 0 Å². The van der Waals surface area contributed by atoms with Crippen LogP contribution in [0.2, 0.25) is 0 Å². The smallest absolute Gasteiger partial charge is 0.325 e. The maximum absolute atomic E-state index is 12.4. The Morgan fingerprint density at radius 3 is 2.76 bits per heavy atom. The first-order valence-electron chi connectivity index (χ1n) is 7.60. The Labute approximate surface area is 151 Å². The van der Waals surface area contributed by atoms with Gasteiger partial charge < -0.3 is 10.1 Å². The van der Waals surface area contributed by atoms with Crippen LogP contribution in [0.15, 0.2) is 36.4 Å². The molecular formula is C16H20N2O5S2. The number of amides is 1. The minimum absolute atomic E-state index is 0.0324. The lowest BCUT2D eigenvalue weighted by Gasteiger charge is -2.21. The quantitative estimate of drug-likeness (QED) is 0.549. The monoisotopic (exact) mass is 384 g/mol. The summed E-state index contributed by atoms with van der Waals surface area (Å²) in [5.41, 5.74) is 0.875. The number of ether oxygens (including phenoxy) is 1. The van der Waals surface area contributed by atoms with Crippen molar-refractivity contribution < 1.29 is 22.7 Å². The van der Waals surface area contributed by atoms with Gasteiger partial charge in [0.1, 0.15) is 6.04 Å². The molecule has 1 unspecified atom stereocenters. The molecule has 1 N–H and O–H groups in total. The SMILES string of the molecule is COC(=O)C1CSCN1S(=O)(=O)CCNC(=O)C=Cc1ccccc1. The van der Waals surface area contributed by atoms with Crippen LogP contribution in [-0.4, -0.2) is 61.7 Å². The third-order valence-corrected chi connectivity index (χ3v) is 6.55. The van der Waals surface area contributed by atoms with Crippen LogP contribution in [0.1, 0.15) is 5.56 Å². The van der Waals surface area contributed by atoms with Crippen LogP contribution in [0.5, 0.6) is 0 Å². The van der Waals surface area contributed by atoms with E-state index in [0.717, 1.165) is 9.87 Å². The predicted molar refractivity (Wildman–Crippen MR) is 97.2 cm³/mol. The van der Waals surface area contributed by atoms with Gasteiger partial charge in [0.25, 0.3) is 0 Å². The lowest BCUT2D eigenvalue weighted by molar-refractivity contribution is -0.143. The number of esters is 1. The Balaban J connectivity index is 1.84. The summed E-state index contributed by atoms with van der Waals surface area (Å²) in [5, 5.41) is 2.54. The number of carbonyl (C=O) groups is 2. The molecule has 9 heteroatoms. The molecule has 0 bridgehead atoms. The summed E-state index contributed by atoms with van der Waals surface area (Å²) in [7, 11) is -2.42. The predicted octanol–water partition coefficient (Wildman–Crippen LogP) is 0.694. The molecule has 1 atom stereocenters. The van der Waals surface area contributed by atoms with Crippen molar-refractivity contribution in [3.63, 3.8) is 0 Å². The molecule has 7 nitrogen and oxygen atoms in total. The molecule has 0 spiro atoms. The molecule has 25 heavy (non-hydrogen) atoms. The van der Waals surface area contributed by atoms with E-state index in [4.69, 9.17) is 0 Å². The van der Waals surface area contributed by atoms with Gasteiger partial charge in [-0.1, -0.05) is 30.3 Å². The second kappa shape index (κ2) is 9.02. The summed E-state index contributed by atoms with van der Waals surface area (Å²) in [6, 6.07) is 8.50. The second-order valence-electron chi connectivity index (χ2n) is 5.28. The van der Waals surface area contributed by atoms with Gasteiger partial charge in [-0.15, -0.1) is 11.8 Å². The summed E-state index contributed by atoms with van der Waals surface area (Å²) < 4.78 is 30.5. The van der Waals surface area contributed by atoms with E-state index in [9.17, 15) is 18.0 Å². The molecule has 0 radical (unpaired) electrons. The van der Waals surface area contributed by atoms with Gasteiger partial charge in [-0.3, -0.25) is 9.59 Å². The number of nitrogens with zero attached hydrogens (tertiary/aromatic N) is 1. The Morgan fingerprint density at radius 2 is 2.08 bits per heavy atom. The summed E-state index contributed by atoms with van der Waals surface area (Å²) in [5.74, 6) is -0.628. The van der Waals surface area contributed by atoms with E-state index in [1.54, 1.807) is 6.08 Å². The number of hydrogen-bond donors (Lipinski definition) is 1. The highest BCUT2D eigenvalue weighted by Crippen LogP contribution is 2.25. The Hall–Kier alpha value is -1.84. The van der Waals surface area contributed by atoms with Crippen molar-refractivity contribution in [2.24, 2.45) is 0 Å². The number of nitrogens with one attached hydrogen (secondary N) is 1. The average molecular weight is 384 g/mol. The molecule has 0 aliphatic carbocycles. The van der Waals surface area contributed by atoms with Gasteiger partial charge in [0.2, 0.25) is 15.9 Å². The Bertz CT molecular complexity index is 734. The molecule has 1 aromatic rings. The number of methoxy groups -OCH3 is 1. The third-order valence-electron chi connectivity index (χ3n) is 3.56. The first kappa shape index (κ1) is 19.5. The molecular weight excluding hydrogens is 364 g/mol. The first-order valence-corrected chi connectivity index (χ1v) is 10.4. The number of thioether (sulfide) groups is 1. The van der Waals surface area contributed by atoms with Crippen LogP contribution in [0.3, 0.4) is 0 Å². The Morgan fingerprint density at radius 1 is 1.36 bits per heavy atom. The standard InChI is InChI=1S/C16H20N2O5S2/c1-23-16(20)14-11-24-12-18(14)25(21,22)10-9-17-15(19)8-7-13-5-3-2-4-6-13/h2-8,14H,9-12H2,1H3,(H,17,19). The lowest BCUT2D eigenvalue weighted by atomic mass is 10.2. The molecule has 1 aromatic carbocycles. The van der Waals surface area contributed by atoms with Crippen molar-refractivity contribution in [1.82, 2.24) is 9.62 Å². The van der Waals surface area contributed by atoms with Crippen molar-refractivity contribution in [3.8, 4) is 0 Å². The van der Waals surface area contributed by atoms with E-state index >= 15 is 0 Å². The topological polar surface area (TPSA) is 92.8 Å². The largest absolute Gasteiger partial charge is 0.468 e. The summed E-state index contributed by atoms with van der Waals surface area (Å²) in [4.78, 5) is 23.4. The first-order chi connectivity index (χ1) is 11.9. The fraction of sp³-hybridized carbons (Fsp3) is 0.375. The molecule has 1 saturated heterocycles. The minimum Gasteiger partial charge on any atom is -0.468 e. The highest BCUT2D eigenvalue weighted by Gasteiger charge is 2.39. The molecule has 1 fully saturated rings. The zero-order chi connectivity index (χ0) is 18.3. The van der Waals surface area contributed by atoms with E-state index in [0.29, 0.717) is 5.75 Å². The summed E-state index contributed by atoms with van der Waals surface area (Å²) in [6.07, 6.45) is 3.00. The van der Waals surface area contributed by atoms with Crippen LogP contribution in [0.25, 0.3) is 6.08 Å². The van der Waals surface area contributed by atoms with Crippen LogP contribution < -0.4 is 5.32 Å². The van der Waals surface area contributed by atoms with Gasteiger partial charge in [0, 0.05) is 18.4 Å². The van der Waals surface area contributed by atoms with E-state index in [-0.39, 0.29) is 24.1 Å². The molecule has 0 aromatic heterocycles. The number of carbonyl (C=O) groups excluding carboxylic acids is 2. The highest BCUT2D eigenvalue weighted by atomic mass is 32.2. The summed E-state index contributed by atoms with van der Waals surface area (Å²) >= 11 is 1.35. The molecule has 1 amide bonds. The third kappa shape index (κ3) is 5.58. The number of benzene rings is 1. The van der Waals surface area contributed by atoms with Crippen LogP contribution >= 0.6 is 11.8 Å². The van der Waals surface area contributed by atoms with Crippen molar-refractivity contribution in [2.45, 2.75) is 6.04 Å². The zero-order valence-corrected chi connectivity index (χ0v) is 15.4. The number of rotatable bonds is 7.